The highest BCUT2D eigenvalue weighted by Crippen LogP contribution is 2.27. The zero-order valence-corrected chi connectivity index (χ0v) is 12.0. The van der Waals surface area contributed by atoms with E-state index in [1.807, 2.05) is 0 Å². The lowest BCUT2D eigenvalue weighted by Crippen LogP contribution is -2.38. The van der Waals surface area contributed by atoms with Gasteiger partial charge in [-0.1, -0.05) is 33.1 Å². The Bertz CT molecular complexity index is 272. The molecule has 0 radical (unpaired) electrons. The number of nitrogens with one attached hydrogen (secondary N) is 1. The van der Waals surface area contributed by atoms with E-state index in [1.54, 1.807) is 0 Å². The SMILES string of the molecule is CC(C)CNC(=O)[C@@H]1CCN(C2CCCCC2)C1. The van der Waals surface area contributed by atoms with Gasteiger partial charge >= 0.3 is 0 Å². The van der Waals surface area contributed by atoms with Gasteiger partial charge in [-0.05, 0) is 31.7 Å². The van der Waals surface area contributed by atoms with Gasteiger partial charge in [-0.15, -0.1) is 0 Å². The first-order valence-corrected chi connectivity index (χ1v) is 7.68. The number of carbonyl (C=O) groups is 1. The smallest absolute Gasteiger partial charge is 0.224 e. The van der Waals surface area contributed by atoms with E-state index in [1.165, 1.54) is 32.1 Å². The maximum Gasteiger partial charge on any atom is 0.224 e. The third kappa shape index (κ3) is 3.71. The second-order valence-corrected chi connectivity index (χ2v) is 6.41. The number of carbonyl (C=O) groups excluding carboxylic acids is 1. The molecule has 1 aliphatic heterocycles. The summed E-state index contributed by atoms with van der Waals surface area (Å²) in [5, 5.41) is 3.08. The quantitative estimate of drug-likeness (QED) is 0.833. The first kappa shape index (κ1) is 13.9. The maximum absolute atomic E-state index is 12.0. The molecule has 1 heterocycles. The van der Waals surface area contributed by atoms with Gasteiger partial charge in [0.2, 0.25) is 5.91 Å². The van der Waals surface area contributed by atoms with Gasteiger partial charge in [0, 0.05) is 19.1 Å². The van der Waals surface area contributed by atoms with Crippen LogP contribution >= 0.6 is 0 Å². The summed E-state index contributed by atoms with van der Waals surface area (Å²) in [5.74, 6) is 1.07. The lowest BCUT2D eigenvalue weighted by molar-refractivity contribution is -0.124. The first-order chi connectivity index (χ1) is 8.66. The molecule has 0 spiro atoms. The van der Waals surface area contributed by atoms with E-state index in [0.717, 1.165) is 32.1 Å². The lowest BCUT2D eigenvalue weighted by atomic mass is 9.94. The Morgan fingerprint density at radius 1 is 1.22 bits per heavy atom. The standard InChI is InChI=1S/C15H28N2O/c1-12(2)10-16-15(18)13-8-9-17(11-13)14-6-4-3-5-7-14/h12-14H,3-11H2,1-2H3,(H,16,18)/t13-/m1/s1. The van der Waals surface area contributed by atoms with Crippen molar-refractivity contribution in [2.45, 2.75) is 58.4 Å². The fraction of sp³-hybridized carbons (Fsp3) is 0.933. The summed E-state index contributed by atoms with van der Waals surface area (Å²) < 4.78 is 0. The maximum atomic E-state index is 12.0. The Hall–Kier alpha value is -0.570. The minimum atomic E-state index is 0.241. The van der Waals surface area contributed by atoms with Gasteiger partial charge in [0.25, 0.3) is 0 Å². The molecule has 0 aromatic rings. The second kappa shape index (κ2) is 6.55. The molecule has 2 aliphatic rings. The molecule has 1 aliphatic carbocycles. The summed E-state index contributed by atoms with van der Waals surface area (Å²) in [7, 11) is 0. The van der Waals surface area contributed by atoms with Crippen molar-refractivity contribution in [3.63, 3.8) is 0 Å². The molecule has 1 saturated carbocycles. The number of likely N-dealkylation sites (tertiary alicyclic amines) is 1. The third-order valence-corrected chi connectivity index (χ3v) is 4.37. The molecule has 2 fully saturated rings. The minimum absolute atomic E-state index is 0.241. The number of nitrogens with zero attached hydrogens (tertiary/aromatic N) is 1. The summed E-state index contributed by atoms with van der Waals surface area (Å²) in [6, 6.07) is 0.765. The van der Waals surface area contributed by atoms with Gasteiger partial charge in [0.05, 0.1) is 5.92 Å². The van der Waals surface area contributed by atoms with Crippen molar-refractivity contribution in [3.05, 3.63) is 0 Å². The van der Waals surface area contributed by atoms with Crippen molar-refractivity contribution in [2.24, 2.45) is 11.8 Å². The van der Waals surface area contributed by atoms with Crippen molar-refractivity contribution in [3.8, 4) is 0 Å². The van der Waals surface area contributed by atoms with E-state index >= 15 is 0 Å². The molecule has 104 valence electrons. The monoisotopic (exact) mass is 252 g/mol. The molecule has 1 amide bonds. The predicted molar refractivity (Wildman–Crippen MR) is 74.4 cm³/mol. The van der Waals surface area contributed by atoms with E-state index < -0.39 is 0 Å². The van der Waals surface area contributed by atoms with Crippen molar-refractivity contribution < 1.29 is 4.79 Å². The molecule has 1 saturated heterocycles. The van der Waals surface area contributed by atoms with Crippen LogP contribution in [0.4, 0.5) is 0 Å². The van der Waals surface area contributed by atoms with Gasteiger partial charge in [-0.25, -0.2) is 0 Å². The Morgan fingerprint density at radius 2 is 1.94 bits per heavy atom. The van der Waals surface area contributed by atoms with Crippen LogP contribution in [-0.4, -0.2) is 36.5 Å². The Morgan fingerprint density at radius 3 is 2.61 bits per heavy atom. The molecule has 0 aromatic carbocycles. The van der Waals surface area contributed by atoms with E-state index in [4.69, 9.17) is 0 Å². The van der Waals surface area contributed by atoms with Crippen LogP contribution in [-0.2, 0) is 4.79 Å². The van der Waals surface area contributed by atoms with E-state index in [9.17, 15) is 4.79 Å². The topological polar surface area (TPSA) is 32.3 Å². The molecular weight excluding hydrogens is 224 g/mol. The average molecular weight is 252 g/mol. The van der Waals surface area contributed by atoms with Crippen molar-refractivity contribution in [1.82, 2.24) is 10.2 Å². The fourth-order valence-electron chi connectivity index (χ4n) is 3.23. The van der Waals surface area contributed by atoms with Gasteiger partial charge in [-0.2, -0.15) is 0 Å². The van der Waals surface area contributed by atoms with E-state index in [2.05, 4.69) is 24.1 Å². The highest BCUT2D eigenvalue weighted by Gasteiger charge is 2.32. The third-order valence-electron chi connectivity index (χ3n) is 4.37. The van der Waals surface area contributed by atoms with Crippen molar-refractivity contribution in [2.75, 3.05) is 19.6 Å². The molecule has 3 nitrogen and oxygen atoms in total. The summed E-state index contributed by atoms with van der Waals surface area (Å²) in [5.41, 5.74) is 0. The molecule has 1 N–H and O–H groups in total. The van der Waals surface area contributed by atoms with E-state index in [0.29, 0.717) is 5.92 Å². The zero-order valence-electron chi connectivity index (χ0n) is 12.0. The largest absolute Gasteiger partial charge is 0.356 e. The molecule has 0 bridgehead atoms. The van der Waals surface area contributed by atoms with Crippen LogP contribution in [0.2, 0.25) is 0 Å². The van der Waals surface area contributed by atoms with Crippen molar-refractivity contribution >= 4 is 5.91 Å². The molecule has 2 rings (SSSR count). The molecular formula is C15H28N2O. The van der Waals surface area contributed by atoms with Crippen LogP contribution in [0.5, 0.6) is 0 Å². The van der Waals surface area contributed by atoms with Gasteiger partial charge in [0.1, 0.15) is 0 Å². The zero-order chi connectivity index (χ0) is 13.0. The Labute approximate surface area is 111 Å². The second-order valence-electron chi connectivity index (χ2n) is 6.41. The number of rotatable bonds is 4. The number of amides is 1. The van der Waals surface area contributed by atoms with Gasteiger partial charge < -0.3 is 5.32 Å². The fourth-order valence-corrected chi connectivity index (χ4v) is 3.23. The summed E-state index contributed by atoms with van der Waals surface area (Å²) in [4.78, 5) is 14.6. The van der Waals surface area contributed by atoms with E-state index in [-0.39, 0.29) is 11.8 Å². The van der Waals surface area contributed by atoms with Crippen molar-refractivity contribution in [1.29, 1.82) is 0 Å². The normalized spacial score (nSPS) is 26.7. The first-order valence-electron chi connectivity index (χ1n) is 7.68. The molecule has 0 aromatic heterocycles. The minimum Gasteiger partial charge on any atom is -0.356 e. The Balaban J connectivity index is 1.75. The highest BCUT2D eigenvalue weighted by atomic mass is 16.1. The van der Waals surface area contributed by atoms with Crippen LogP contribution in [0.3, 0.4) is 0 Å². The predicted octanol–water partition coefficient (Wildman–Crippen LogP) is 2.41. The molecule has 0 unspecified atom stereocenters. The number of hydrogen-bond acceptors (Lipinski definition) is 2. The highest BCUT2D eigenvalue weighted by molar-refractivity contribution is 5.79. The lowest BCUT2D eigenvalue weighted by Gasteiger charge is -2.30. The number of hydrogen-bond donors (Lipinski definition) is 1. The molecule has 3 heteroatoms. The summed E-state index contributed by atoms with van der Waals surface area (Å²) in [6.45, 7) is 7.23. The van der Waals surface area contributed by atoms with Gasteiger partial charge in [-0.3, -0.25) is 9.69 Å². The molecule has 1 atom stereocenters. The van der Waals surface area contributed by atoms with Crippen LogP contribution in [0.15, 0.2) is 0 Å². The van der Waals surface area contributed by atoms with Gasteiger partial charge in [0.15, 0.2) is 0 Å². The van der Waals surface area contributed by atoms with Crippen LogP contribution in [0.1, 0.15) is 52.4 Å². The molecule has 18 heavy (non-hydrogen) atoms. The van der Waals surface area contributed by atoms with Crippen LogP contribution in [0, 0.1) is 11.8 Å². The average Bonchev–Trinajstić information content (AvgIpc) is 2.86. The summed E-state index contributed by atoms with van der Waals surface area (Å²) >= 11 is 0. The Kier molecular flexibility index (Phi) is 5.04. The van der Waals surface area contributed by atoms with Crippen LogP contribution < -0.4 is 5.32 Å². The summed E-state index contributed by atoms with van der Waals surface area (Å²) in [6.07, 6.45) is 7.92. The van der Waals surface area contributed by atoms with Crippen LogP contribution in [0.25, 0.3) is 0 Å².